The van der Waals surface area contributed by atoms with E-state index in [4.69, 9.17) is 17.2 Å². The van der Waals surface area contributed by atoms with Gasteiger partial charge in [0.05, 0.1) is 17.6 Å². The van der Waals surface area contributed by atoms with Crippen LogP contribution in [0.25, 0.3) is 0 Å². The Hall–Kier alpha value is -2.52. The minimum Gasteiger partial charge on any atom is -0.423 e. The average molecular weight is 585 g/mol. The molecule has 0 spiro atoms. The maximum Gasteiger partial charge on any atom is 0.488 e. The Morgan fingerprint density at radius 3 is 2.22 bits per heavy atom. The van der Waals surface area contributed by atoms with Gasteiger partial charge < -0.3 is 37.5 Å². The Morgan fingerprint density at radius 2 is 1.66 bits per heavy atom. The number of amides is 2. The van der Waals surface area contributed by atoms with E-state index in [1.807, 2.05) is 0 Å². The van der Waals surface area contributed by atoms with E-state index in [0.717, 1.165) is 44.2 Å². The van der Waals surface area contributed by atoms with E-state index in [-0.39, 0.29) is 43.8 Å². The van der Waals surface area contributed by atoms with Gasteiger partial charge in [0.15, 0.2) is 5.78 Å². The third-order valence-electron chi connectivity index (χ3n) is 7.47. The van der Waals surface area contributed by atoms with E-state index < -0.39 is 54.5 Å². The van der Waals surface area contributed by atoms with Crippen molar-refractivity contribution in [2.24, 2.45) is 23.1 Å². The lowest BCUT2D eigenvalue weighted by Crippen LogP contribution is -2.49. The first-order valence-electron chi connectivity index (χ1n) is 14.2. The molecule has 0 aliphatic heterocycles. The van der Waals surface area contributed by atoms with Crippen molar-refractivity contribution in [2.75, 3.05) is 26.2 Å². The third kappa shape index (κ3) is 11.7. The highest BCUT2D eigenvalue weighted by Crippen LogP contribution is 2.30. The Labute approximate surface area is 239 Å². The van der Waals surface area contributed by atoms with E-state index in [9.17, 15) is 37.6 Å². The molecule has 2 amide bonds. The van der Waals surface area contributed by atoms with Crippen molar-refractivity contribution in [1.82, 2.24) is 10.2 Å². The molecule has 1 aromatic rings. The van der Waals surface area contributed by atoms with Crippen molar-refractivity contribution in [2.45, 2.75) is 82.5 Å². The number of nitrogens with zero attached hydrogens (tertiary/aromatic N) is 1. The number of hydrogen-bond acceptors (Lipinski definition) is 8. The van der Waals surface area contributed by atoms with E-state index in [1.165, 1.54) is 4.90 Å². The summed E-state index contributed by atoms with van der Waals surface area (Å²) in [6, 6.07) is 0.434. The van der Waals surface area contributed by atoms with Crippen LogP contribution in [0.15, 0.2) is 18.2 Å². The Bertz CT molecular complexity index is 1000. The number of Topliss-reactive ketones (excluding diaryl/α,β-unsaturated/α-hetero) is 1. The van der Waals surface area contributed by atoms with Crippen molar-refractivity contribution >= 4 is 30.2 Å². The standard InChI is InChI=1S/C27H43BF3N5O5/c29-27(30,31)20-14-19(15-21(17-20)28(40)41)16-24(37)23(8-6-18-4-2-1-3-5-18)35-26(39)22(34)7-9-25(38)36(12-10-32)13-11-33/h14-15,17-18,22-23,40-41H,1-13,16,32-34H2,(H,35,39)/t22-,23+/m0/s1. The molecule has 9 N–H and O–H groups in total. The van der Waals surface area contributed by atoms with Gasteiger partial charge in [-0.25, -0.2) is 0 Å². The number of benzene rings is 1. The molecule has 0 unspecified atom stereocenters. The van der Waals surface area contributed by atoms with Gasteiger partial charge in [-0.15, -0.1) is 0 Å². The van der Waals surface area contributed by atoms with E-state index in [2.05, 4.69) is 5.32 Å². The highest BCUT2D eigenvalue weighted by atomic mass is 19.4. The molecular formula is C27H43BF3N5O5. The normalized spacial score (nSPS) is 15.7. The molecule has 230 valence electrons. The summed E-state index contributed by atoms with van der Waals surface area (Å²) in [5.74, 6) is -1.03. The molecular weight excluding hydrogens is 542 g/mol. The Kier molecular flexibility index (Phi) is 14.2. The molecule has 0 bridgehead atoms. The fraction of sp³-hybridized carbons (Fsp3) is 0.667. The monoisotopic (exact) mass is 585 g/mol. The third-order valence-corrected chi connectivity index (χ3v) is 7.47. The van der Waals surface area contributed by atoms with Gasteiger partial charge in [-0.1, -0.05) is 44.2 Å². The summed E-state index contributed by atoms with van der Waals surface area (Å²) in [5.41, 5.74) is 15.6. The zero-order valence-corrected chi connectivity index (χ0v) is 23.4. The quantitative estimate of drug-likeness (QED) is 0.149. The summed E-state index contributed by atoms with van der Waals surface area (Å²) in [4.78, 5) is 40.3. The number of halogens is 3. The largest absolute Gasteiger partial charge is 0.488 e. The maximum atomic E-state index is 13.4. The van der Waals surface area contributed by atoms with Crippen molar-refractivity contribution in [3.05, 3.63) is 29.3 Å². The molecule has 10 nitrogen and oxygen atoms in total. The summed E-state index contributed by atoms with van der Waals surface area (Å²) < 4.78 is 40.2. The number of carbonyl (C=O) groups is 3. The molecule has 1 aromatic carbocycles. The smallest absolute Gasteiger partial charge is 0.423 e. The molecule has 1 fully saturated rings. The van der Waals surface area contributed by atoms with E-state index >= 15 is 0 Å². The molecule has 2 atom stereocenters. The van der Waals surface area contributed by atoms with Crippen LogP contribution in [0.1, 0.15) is 68.9 Å². The van der Waals surface area contributed by atoms with Crippen LogP contribution in [0, 0.1) is 5.92 Å². The van der Waals surface area contributed by atoms with Crippen LogP contribution in [-0.4, -0.2) is 77.9 Å². The second-order valence-electron chi connectivity index (χ2n) is 10.7. The zero-order chi connectivity index (χ0) is 30.6. The van der Waals surface area contributed by atoms with Gasteiger partial charge in [0.2, 0.25) is 11.8 Å². The topological polar surface area (TPSA) is 185 Å². The van der Waals surface area contributed by atoms with Crippen LogP contribution in [-0.2, 0) is 27.0 Å². The van der Waals surface area contributed by atoms with Gasteiger partial charge >= 0.3 is 13.3 Å². The van der Waals surface area contributed by atoms with Gasteiger partial charge in [-0.05, 0) is 42.3 Å². The Morgan fingerprint density at radius 1 is 1.02 bits per heavy atom. The summed E-state index contributed by atoms with van der Waals surface area (Å²) >= 11 is 0. The summed E-state index contributed by atoms with van der Waals surface area (Å²) in [6.07, 6.45) is 1.03. The van der Waals surface area contributed by atoms with Crippen LogP contribution in [0.4, 0.5) is 13.2 Å². The maximum absolute atomic E-state index is 13.4. The predicted molar refractivity (Wildman–Crippen MR) is 150 cm³/mol. The molecule has 0 aromatic heterocycles. The molecule has 1 aliphatic carbocycles. The minimum absolute atomic E-state index is 0.0191. The van der Waals surface area contributed by atoms with Crippen molar-refractivity contribution in [3.8, 4) is 0 Å². The first-order valence-corrected chi connectivity index (χ1v) is 14.2. The predicted octanol–water partition coefficient (Wildman–Crippen LogP) is 0.196. The number of carbonyl (C=O) groups excluding carboxylic acids is 3. The van der Waals surface area contributed by atoms with Crippen LogP contribution >= 0.6 is 0 Å². The molecule has 0 radical (unpaired) electrons. The fourth-order valence-corrected chi connectivity index (χ4v) is 5.17. The highest BCUT2D eigenvalue weighted by molar-refractivity contribution is 6.58. The van der Waals surface area contributed by atoms with Crippen LogP contribution in [0.3, 0.4) is 0 Å². The molecule has 2 rings (SSSR count). The number of hydrogen-bond donors (Lipinski definition) is 6. The van der Waals surface area contributed by atoms with Crippen molar-refractivity contribution in [1.29, 1.82) is 0 Å². The van der Waals surface area contributed by atoms with Crippen LogP contribution in [0.2, 0.25) is 0 Å². The van der Waals surface area contributed by atoms with Crippen LogP contribution in [0.5, 0.6) is 0 Å². The molecule has 14 heteroatoms. The lowest BCUT2D eigenvalue weighted by atomic mass is 9.78. The van der Waals surface area contributed by atoms with Gasteiger partial charge in [0.25, 0.3) is 0 Å². The molecule has 1 aliphatic rings. The fourth-order valence-electron chi connectivity index (χ4n) is 5.17. The molecule has 0 heterocycles. The van der Waals surface area contributed by atoms with Gasteiger partial charge in [-0.2, -0.15) is 13.2 Å². The Balaban J connectivity index is 2.14. The van der Waals surface area contributed by atoms with Crippen molar-refractivity contribution < 1.29 is 37.6 Å². The second kappa shape index (κ2) is 16.8. The SMILES string of the molecule is NCCN(CCN)C(=O)CC[C@H](N)C(=O)N[C@H](CCC1CCCCC1)C(=O)Cc1cc(B(O)O)cc(C(F)(F)F)c1. The van der Waals surface area contributed by atoms with E-state index in [1.54, 1.807) is 0 Å². The first-order chi connectivity index (χ1) is 19.3. The molecule has 0 saturated heterocycles. The molecule has 1 saturated carbocycles. The second-order valence-corrected chi connectivity index (χ2v) is 10.7. The minimum atomic E-state index is -4.76. The summed E-state index contributed by atoms with van der Waals surface area (Å²) in [6.45, 7) is 1.15. The van der Waals surface area contributed by atoms with Gasteiger partial charge in [0, 0.05) is 39.0 Å². The number of nitrogens with one attached hydrogen (secondary N) is 1. The zero-order valence-electron chi connectivity index (χ0n) is 23.4. The number of nitrogens with two attached hydrogens (primary N) is 3. The average Bonchev–Trinajstić information content (AvgIpc) is 2.93. The van der Waals surface area contributed by atoms with Crippen molar-refractivity contribution in [3.63, 3.8) is 0 Å². The van der Waals surface area contributed by atoms with Gasteiger partial charge in [0.1, 0.15) is 0 Å². The highest BCUT2D eigenvalue weighted by Gasteiger charge is 2.33. The number of alkyl halides is 3. The van der Waals surface area contributed by atoms with E-state index in [0.29, 0.717) is 31.5 Å². The number of rotatable bonds is 16. The van der Waals surface area contributed by atoms with Crippen LogP contribution < -0.4 is 28.0 Å². The molecule has 41 heavy (non-hydrogen) atoms. The lowest BCUT2D eigenvalue weighted by Gasteiger charge is -2.25. The number of ketones is 1. The summed E-state index contributed by atoms with van der Waals surface area (Å²) in [5, 5.41) is 21.6. The first kappa shape index (κ1) is 34.7. The van der Waals surface area contributed by atoms with Gasteiger partial charge in [-0.3, -0.25) is 14.4 Å². The lowest BCUT2D eigenvalue weighted by molar-refractivity contribution is -0.137. The summed E-state index contributed by atoms with van der Waals surface area (Å²) in [7, 11) is -2.15.